The van der Waals surface area contributed by atoms with Crippen LogP contribution in [0.25, 0.3) is 0 Å². The van der Waals surface area contributed by atoms with E-state index in [1.54, 1.807) is 0 Å². The first-order chi connectivity index (χ1) is 13.9. The van der Waals surface area contributed by atoms with Crippen LogP contribution in [-0.2, 0) is 19.1 Å². The van der Waals surface area contributed by atoms with E-state index in [-0.39, 0.29) is 6.42 Å². The van der Waals surface area contributed by atoms with Gasteiger partial charge in [-0.2, -0.15) is 5.01 Å². The molecule has 3 rings (SSSR count). The predicted octanol–water partition coefficient (Wildman–Crippen LogP) is 2.81. The number of amides is 4. The minimum atomic E-state index is -0.910. The van der Waals surface area contributed by atoms with Crippen molar-refractivity contribution in [2.75, 3.05) is 6.61 Å². The van der Waals surface area contributed by atoms with Gasteiger partial charge >= 0.3 is 12.0 Å². The molecule has 0 atom stereocenters. The summed E-state index contributed by atoms with van der Waals surface area (Å²) in [5.74, 6) is -0.316. The van der Waals surface area contributed by atoms with E-state index in [0.717, 1.165) is 30.7 Å². The first-order valence-corrected chi connectivity index (χ1v) is 11.0. The summed E-state index contributed by atoms with van der Waals surface area (Å²) in [4.78, 5) is 48.8. The van der Waals surface area contributed by atoms with Crippen LogP contribution in [0.15, 0.2) is 0 Å². The quantitative estimate of drug-likeness (QED) is 0.499. The Kier molecular flexibility index (Phi) is 7.14. The van der Waals surface area contributed by atoms with Crippen molar-refractivity contribution in [1.82, 2.24) is 15.8 Å². The van der Waals surface area contributed by atoms with Crippen LogP contribution in [-0.4, -0.2) is 41.0 Å². The topological polar surface area (TPSA) is 105 Å². The Balaban J connectivity index is 1.37. The van der Waals surface area contributed by atoms with E-state index in [1.165, 1.54) is 32.1 Å². The third kappa shape index (κ3) is 5.48. The summed E-state index contributed by atoms with van der Waals surface area (Å²) in [6.45, 7) is 1.63. The SMILES string of the molecule is CC1CCC2(CC1)NC(=O)N(NC(=O)COC(=O)CCCC1CCCCC1)C2=O. The van der Waals surface area contributed by atoms with Crippen molar-refractivity contribution in [3.63, 3.8) is 0 Å². The molecule has 1 aliphatic heterocycles. The molecule has 8 heteroatoms. The second kappa shape index (κ2) is 9.59. The molecule has 0 aromatic heterocycles. The first kappa shape index (κ1) is 21.6. The van der Waals surface area contributed by atoms with Gasteiger partial charge in [-0.15, -0.1) is 0 Å². The Morgan fingerprint density at radius 2 is 1.83 bits per heavy atom. The number of urea groups is 1. The average molecular weight is 408 g/mol. The number of imide groups is 1. The van der Waals surface area contributed by atoms with Crippen molar-refractivity contribution in [1.29, 1.82) is 0 Å². The molecule has 29 heavy (non-hydrogen) atoms. The van der Waals surface area contributed by atoms with Gasteiger partial charge < -0.3 is 10.1 Å². The van der Waals surface area contributed by atoms with Crippen LogP contribution >= 0.6 is 0 Å². The molecular formula is C21H33N3O5. The number of carbonyl (C=O) groups excluding carboxylic acids is 4. The smallest absolute Gasteiger partial charge is 0.344 e. The molecule has 4 amide bonds. The van der Waals surface area contributed by atoms with Gasteiger partial charge in [-0.3, -0.25) is 19.8 Å². The number of nitrogens with one attached hydrogen (secondary N) is 2. The van der Waals surface area contributed by atoms with Crippen LogP contribution in [0.3, 0.4) is 0 Å². The number of rotatable bonds is 7. The third-order valence-electron chi connectivity index (χ3n) is 6.61. The summed E-state index contributed by atoms with van der Waals surface area (Å²) in [5, 5.41) is 3.47. The molecule has 2 saturated carbocycles. The van der Waals surface area contributed by atoms with Crippen molar-refractivity contribution in [3.8, 4) is 0 Å². The predicted molar refractivity (Wildman–Crippen MR) is 105 cm³/mol. The number of carbonyl (C=O) groups is 4. The largest absolute Gasteiger partial charge is 0.455 e. The zero-order valence-electron chi connectivity index (χ0n) is 17.3. The number of hydrazine groups is 1. The third-order valence-corrected chi connectivity index (χ3v) is 6.61. The molecule has 8 nitrogen and oxygen atoms in total. The number of ether oxygens (including phenoxy) is 1. The Bertz CT molecular complexity index is 636. The highest BCUT2D eigenvalue weighted by atomic mass is 16.5. The molecule has 1 spiro atoms. The van der Waals surface area contributed by atoms with Gasteiger partial charge in [0.2, 0.25) is 0 Å². The Morgan fingerprint density at radius 1 is 1.14 bits per heavy atom. The van der Waals surface area contributed by atoms with Gasteiger partial charge in [-0.25, -0.2) is 4.79 Å². The van der Waals surface area contributed by atoms with Crippen molar-refractivity contribution in [2.45, 2.75) is 89.5 Å². The zero-order valence-corrected chi connectivity index (χ0v) is 17.3. The number of hydrogen-bond donors (Lipinski definition) is 2. The molecular weight excluding hydrogens is 374 g/mol. The Morgan fingerprint density at radius 3 is 2.52 bits per heavy atom. The van der Waals surface area contributed by atoms with Crippen LogP contribution < -0.4 is 10.7 Å². The van der Waals surface area contributed by atoms with E-state index in [2.05, 4.69) is 17.7 Å². The van der Waals surface area contributed by atoms with Crippen molar-refractivity contribution < 1.29 is 23.9 Å². The molecule has 3 aliphatic rings. The summed E-state index contributed by atoms with van der Waals surface area (Å²) < 4.78 is 5.00. The van der Waals surface area contributed by atoms with Gasteiger partial charge in [-0.05, 0) is 50.4 Å². The molecule has 0 aromatic rings. The van der Waals surface area contributed by atoms with Crippen molar-refractivity contribution >= 4 is 23.8 Å². The monoisotopic (exact) mass is 407 g/mol. The summed E-state index contributed by atoms with van der Waals surface area (Å²) in [6.07, 6.45) is 11.3. The normalized spacial score (nSPS) is 27.8. The standard InChI is InChI=1S/C21H33N3O5/c1-15-10-12-21(13-11-15)19(27)24(20(28)22-21)23-17(25)14-29-18(26)9-5-8-16-6-3-2-4-7-16/h15-16H,2-14H2,1H3,(H,22,28)(H,23,25). The fourth-order valence-corrected chi connectivity index (χ4v) is 4.70. The lowest BCUT2D eigenvalue weighted by molar-refractivity contribution is -0.151. The summed E-state index contributed by atoms with van der Waals surface area (Å²) in [7, 11) is 0. The molecule has 0 bridgehead atoms. The maximum Gasteiger partial charge on any atom is 0.344 e. The molecule has 162 valence electrons. The van der Waals surface area contributed by atoms with Gasteiger partial charge in [0, 0.05) is 6.42 Å². The molecule has 0 aromatic carbocycles. The van der Waals surface area contributed by atoms with Crippen LogP contribution in [0.5, 0.6) is 0 Å². The summed E-state index contributed by atoms with van der Waals surface area (Å²) in [6, 6.07) is -0.628. The van der Waals surface area contributed by atoms with Crippen LogP contribution in [0.4, 0.5) is 4.79 Å². The van der Waals surface area contributed by atoms with Gasteiger partial charge in [0.1, 0.15) is 5.54 Å². The lowest BCUT2D eigenvalue weighted by Gasteiger charge is -2.33. The Hall–Kier alpha value is -2.12. The van der Waals surface area contributed by atoms with Gasteiger partial charge in [0.15, 0.2) is 6.61 Å². The Labute approximate surface area is 172 Å². The van der Waals surface area contributed by atoms with Gasteiger partial charge in [0.25, 0.3) is 11.8 Å². The lowest BCUT2D eigenvalue weighted by atomic mass is 9.77. The second-order valence-corrected chi connectivity index (χ2v) is 8.93. The van der Waals surface area contributed by atoms with Crippen molar-refractivity contribution in [2.24, 2.45) is 11.8 Å². The highest BCUT2D eigenvalue weighted by Crippen LogP contribution is 2.35. The highest BCUT2D eigenvalue weighted by Gasteiger charge is 2.52. The van der Waals surface area contributed by atoms with E-state index in [1.807, 2.05) is 0 Å². The zero-order chi connectivity index (χ0) is 20.9. The molecule has 2 N–H and O–H groups in total. The summed E-state index contributed by atoms with van der Waals surface area (Å²) >= 11 is 0. The molecule has 3 fully saturated rings. The number of hydrogen-bond acceptors (Lipinski definition) is 5. The van der Waals surface area contributed by atoms with E-state index in [0.29, 0.717) is 24.7 Å². The lowest BCUT2D eigenvalue weighted by Crippen LogP contribution is -2.52. The van der Waals surface area contributed by atoms with Crippen molar-refractivity contribution in [3.05, 3.63) is 0 Å². The van der Waals surface area contributed by atoms with E-state index in [9.17, 15) is 19.2 Å². The fraction of sp³-hybridized carbons (Fsp3) is 0.810. The minimum absolute atomic E-state index is 0.286. The minimum Gasteiger partial charge on any atom is -0.455 e. The summed E-state index contributed by atoms with van der Waals surface area (Å²) in [5.41, 5.74) is 1.37. The first-order valence-electron chi connectivity index (χ1n) is 11.0. The van der Waals surface area contributed by atoms with Crippen LogP contribution in [0.2, 0.25) is 0 Å². The second-order valence-electron chi connectivity index (χ2n) is 8.93. The van der Waals surface area contributed by atoms with Gasteiger partial charge in [0.05, 0.1) is 0 Å². The molecule has 1 saturated heterocycles. The van der Waals surface area contributed by atoms with E-state index in [4.69, 9.17) is 4.74 Å². The molecule has 2 aliphatic carbocycles. The molecule has 1 heterocycles. The molecule has 0 unspecified atom stereocenters. The number of nitrogens with zero attached hydrogens (tertiary/aromatic N) is 1. The van der Waals surface area contributed by atoms with Crippen LogP contribution in [0, 0.1) is 11.8 Å². The number of esters is 1. The van der Waals surface area contributed by atoms with Crippen LogP contribution in [0.1, 0.15) is 84.0 Å². The maximum atomic E-state index is 12.7. The highest BCUT2D eigenvalue weighted by molar-refractivity contribution is 6.08. The molecule has 0 radical (unpaired) electrons. The maximum absolute atomic E-state index is 12.7. The van der Waals surface area contributed by atoms with E-state index < -0.39 is 36.0 Å². The van der Waals surface area contributed by atoms with E-state index >= 15 is 0 Å². The average Bonchev–Trinajstić information content (AvgIpc) is 2.94. The van der Waals surface area contributed by atoms with Gasteiger partial charge in [-0.1, -0.05) is 39.0 Å². The fourth-order valence-electron chi connectivity index (χ4n) is 4.70.